The van der Waals surface area contributed by atoms with Gasteiger partial charge in [-0.05, 0) is 37.4 Å². The lowest BCUT2D eigenvalue weighted by atomic mass is 10.0. The van der Waals surface area contributed by atoms with E-state index in [1.807, 2.05) is 16.8 Å². The van der Waals surface area contributed by atoms with Crippen LogP contribution >= 0.6 is 11.3 Å². The SMILES string of the molecule is CC1(C)Oc2cc(NS(C)(=O)=O)ccc2N(c2ccsc2)C1=O. The number of fused-ring (bicyclic) bond motifs is 1. The van der Waals surface area contributed by atoms with Crippen LogP contribution in [0.1, 0.15) is 13.8 Å². The summed E-state index contributed by atoms with van der Waals surface area (Å²) in [6.45, 7) is 3.38. The molecule has 6 nitrogen and oxygen atoms in total. The van der Waals surface area contributed by atoms with Crippen molar-refractivity contribution < 1.29 is 17.9 Å². The Balaban J connectivity index is 2.11. The predicted molar refractivity (Wildman–Crippen MR) is 91.1 cm³/mol. The molecule has 23 heavy (non-hydrogen) atoms. The molecular weight excluding hydrogens is 336 g/mol. The average Bonchev–Trinajstić information content (AvgIpc) is 2.92. The first-order chi connectivity index (χ1) is 10.7. The first kappa shape index (κ1) is 15.8. The van der Waals surface area contributed by atoms with Crippen LogP contribution in [0, 0.1) is 0 Å². The molecule has 2 heterocycles. The minimum atomic E-state index is -3.38. The molecule has 0 atom stereocenters. The summed E-state index contributed by atoms with van der Waals surface area (Å²) < 4.78 is 31.0. The molecule has 0 fully saturated rings. The third-order valence-electron chi connectivity index (χ3n) is 3.35. The van der Waals surface area contributed by atoms with Gasteiger partial charge in [0, 0.05) is 11.4 Å². The first-order valence-corrected chi connectivity index (χ1v) is 9.68. The Kier molecular flexibility index (Phi) is 3.61. The number of hydrogen-bond donors (Lipinski definition) is 1. The molecule has 1 aliphatic heterocycles. The van der Waals surface area contributed by atoms with Crippen molar-refractivity contribution in [3.63, 3.8) is 0 Å². The second kappa shape index (κ2) is 5.24. The van der Waals surface area contributed by atoms with Gasteiger partial charge < -0.3 is 4.74 Å². The summed E-state index contributed by atoms with van der Waals surface area (Å²) in [5.41, 5.74) is 0.702. The van der Waals surface area contributed by atoms with Gasteiger partial charge in [0.15, 0.2) is 5.60 Å². The Morgan fingerprint density at radius 1 is 1.26 bits per heavy atom. The Bertz CT molecular complexity index is 858. The maximum absolute atomic E-state index is 12.7. The van der Waals surface area contributed by atoms with Gasteiger partial charge >= 0.3 is 0 Å². The highest BCUT2D eigenvalue weighted by atomic mass is 32.2. The van der Waals surface area contributed by atoms with Crippen molar-refractivity contribution in [2.75, 3.05) is 15.9 Å². The fraction of sp³-hybridized carbons (Fsp3) is 0.267. The van der Waals surface area contributed by atoms with Crippen LogP contribution in [0.15, 0.2) is 35.0 Å². The molecule has 0 unspecified atom stereocenters. The van der Waals surface area contributed by atoms with E-state index in [0.717, 1.165) is 11.9 Å². The van der Waals surface area contributed by atoms with E-state index in [-0.39, 0.29) is 5.91 Å². The maximum Gasteiger partial charge on any atom is 0.275 e. The summed E-state index contributed by atoms with van der Waals surface area (Å²) in [5, 5.41) is 3.77. The zero-order chi connectivity index (χ0) is 16.8. The van der Waals surface area contributed by atoms with Gasteiger partial charge in [0.1, 0.15) is 5.75 Å². The van der Waals surface area contributed by atoms with Gasteiger partial charge in [0.05, 0.1) is 23.3 Å². The van der Waals surface area contributed by atoms with Crippen molar-refractivity contribution in [1.29, 1.82) is 0 Å². The predicted octanol–water partition coefficient (Wildman–Crippen LogP) is 2.96. The molecule has 3 rings (SSSR count). The van der Waals surface area contributed by atoms with E-state index in [2.05, 4.69) is 4.72 Å². The number of carbonyl (C=O) groups is 1. The number of rotatable bonds is 3. The van der Waals surface area contributed by atoms with Crippen molar-refractivity contribution in [2.45, 2.75) is 19.4 Å². The molecule has 0 radical (unpaired) electrons. The van der Waals surface area contributed by atoms with E-state index in [4.69, 9.17) is 4.74 Å². The van der Waals surface area contributed by atoms with Crippen LogP contribution in [-0.2, 0) is 14.8 Å². The average molecular weight is 352 g/mol. The number of amides is 1. The first-order valence-electron chi connectivity index (χ1n) is 6.85. The molecule has 0 aliphatic carbocycles. The normalized spacial score (nSPS) is 16.7. The van der Waals surface area contributed by atoms with Gasteiger partial charge in [-0.25, -0.2) is 8.42 Å². The van der Waals surface area contributed by atoms with Crippen LogP contribution in [0.3, 0.4) is 0 Å². The quantitative estimate of drug-likeness (QED) is 0.921. The molecule has 0 bridgehead atoms. The van der Waals surface area contributed by atoms with Gasteiger partial charge in [-0.3, -0.25) is 14.4 Å². The van der Waals surface area contributed by atoms with Gasteiger partial charge in [-0.2, -0.15) is 11.3 Å². The fourth-order valence-electron chi connectivity index (χ4n) is 2.40. The third-order valence-corrected chi connectivity index (χ3v) is 4.63. The summed E-state index contributed by atoms with van der Waals surface area (Å²) in [6, 6.07) is 6.72. The third kappa shape index (κ3) is 3.04. The number of nitrogens with zero attached hydrogens (tertiary/aromatic N) is 1. The minimum Gasteiger partial charge on any atom is -0.476 e. The largest absolute Gasteiger partial charge is 0.476 e. The zero-order valence-corrected chi connectivity index (χ0v) is 14.5. The van der Waals surface area contributed by atoms with Crippen LogP contribution in [-0.4, -0.2) is 26.2 Å². The summed E-state index contributed by atoms with van der Waals surface area (Å²) in [4.78, 5) is 14.3. The number of ether oxygens (including phenoxy) is 1. The molecule has 1 aromatic heterocycles. The van der Waals surface area contributed by atoms with Crippen molar-refractivity contribution in [1.82, 2.24) is 0 Å². The lowest BCUT2D eigenvalue weighted by molar-refractivity contribution is -0.131. The summed E-state index contributed by atoms with van der Waals surface area (Å²) in [7, 11) is -3.38. The minimum absolute atomic E-state index is 0.174. The van der Waals surface area contributed by atoms with E-state index in [9.17, 15) is 13.2 Å². The van der Waals surface area contributed by atoms with Gasteiger partial charge in [0.2, 0.25) is 10.0 Å². The van der Waals surface area contributed by atoms with Gasteiger partial charge in [-0.15, -0.1) is 0 Å². The molecule has 8 heteroatoms. The van der Waals surface area contributed by atoms with Crippen LogP contribution < -0.4 is 14.4 Å². The number of hydrogen-bond acceptors (Lipinski definition) is 5. The number of nitrogens with one attached hydrogen (secondary N) is 1. The number of thiophene rings is 1. The van der Waals surface area contributed by atoms with Gasteiger partial charge in [-0.1, -0.05) is 0 Å². The monoisotopic (exact) mass is 352 g/mol. The lowest BCUT2D eigenvalue weighted by Gasteiger charge is -2.38. The van der Waals surface area contributed by atoms with Crippen molar-refractivity contribution >= 4 is 44.3 Å². The topological polar surface area (TPSA) is 75.7 Å². The molecule has 1 N–H and O–H groups in total. The maximum atomic E-state index is 12.7. The van der Waals surface area contributed by atoms with E-state index >= 15 is 0 Å². The van der Waals surface area contributed by atoms with Crippen molar-refractivity contribution in [3.05, 3.63) is 35.0 Å². The number of benzene rings is 1. The molecule has 0 saturated heterocycles. The highest BCUT2D eigenvalue weighted by molar-refractivity contribution is 7.92. The Labute approximate surface area is 138 Å². The number of anilines is 3. The number of carbonyl (C=O) groups excluding carboxylic acids is 1. The summed E-state index contributed by atoms with van der Waals surface area (Å²) in [5.74, 6) is 0.279. The van der Waals surface area contributed by atoms with E-state index in [0.29, 0.717) is 17.1 Å². The van der Waals surface area contributed by atoms with Crippen LogP contribution in [0.4, 0.5) is 17.1 Å². The second-order valence-electron chi connectivity index (χ2n) is 5.79. The van der Waals surface area contributed by atoms with E-state index in [1.54, 1.807) is 36.9 Å². The zero-order valence-electron chi connectivity index (χ0n) is 12.9. The van der Waals surface area contributed by atoms with Crippen LogP contribution in [0.5, 0.6) is 5.75 Å². The summed E-state index contributed by atoms with van der Waals surface area (Å²) >= 11 is 1.49. The molecule has 0 saturated carbocycles. The molecule has 0 spiro atoms. The lowest BCUT2D eigenvalue weighted by Crippen LogP contribution is -2.50. The highest BCUT2D eigenvalue weighted by Gasteiger charge is 2.41. The summed E-state index contributed by atoms with van der Waals surface area (Å²) in [6.07, 6.45) is 1.08. The molecule has 2 aromatic rings. The molecule has 122 valence electrons. The number of sulfonamides is 1. The second-order valence-corrected chi connectivity index (χ2v) is 8.32. The van der Waals surface area contributed by atoms with E-state index in [1.165, 1.54) is 11.3 Å². The van der Waals surface area contributed by atoms with Crippen LogP contribution in [0.2, 0.25) is 0 Å². The van der Waals surface area contributed by atoms with Crippen molar-refractivity contribution in [3.8, 4) is 5.75 Å². The smallest absolute Gasteiger partial charge is 0.275 e. The van der Waals surface area contributed by atoms with E-state index < -0.39 is 15.6 Å². The Morgan fingerprint density at radius 2 is 2.00 bits per heavy atom. The molecule has 1 aliphatic rings. The molecular formula is C15H16N2O4S2. The molecule has 1 amide bonds. The van der Waals surface area contributed by atoms with Gasteiger partial charge in [0.25, 0.3) is 5.91 Å². The highest BCUT2D eigenvalue weighted by Crippen LogP contribution is 2.43. The fourth-order valence-corrected chi connectivity index (χ4v) is 3.57. The van der Waals surface area contributed by atoms with Crippen LogP contribution in [0.25, 0.3) is 0 Å². The standard InChI is InChI=1S/C15H16N2O4S2/c1-15(2)14(18)17(11-6-7-22-9-11)12-5-4-10(8-13(12)21-15)16-23(3,19)20/h4-9,16H,1-3H3. The Morgan fingerprint density at radius 3 is 2.61 bits per heavy atom. The van der Waals surface area contributed by atoms with Crippen molar-refractivity contribution in [2.24, 2.45) is 0 Å². The molecule has 1 aromatic carbocycles. The Hall–Kier alpha value is -2.06.